The minimum absolute atomic E-state index is 0.276. The molecule has 2 aromatic rings. The third-order valence-electron chi connectivity index (χ3n) is 3.27. The van der Waals surface area contributed by atoms with Crippen LogP contribution in [-0.2, 0) is 9.47 Å². The maximum absolute atomic E-state index is 12.1. The number of fused-ring (bicyclic) bond motifs is 1. The van der Waals surface area contributed by atoms with E-state index < -0.39 is 0 Å². The van der Waals surface area contributed by atoms with Crippen molar-refractivity contribution < 1.29 is 19.1 Å². The van der Waals surface area contributed by atoms with Crippen molar-refractivity contribution in [2.75, 3.05) is 13.2 Å². The second-order valence-corrected chi connectivity index (χ2v) is 7.35. The monoisotopic (exact) mass is 340 g/mol. The third kappa shape index (κ3) is 3.17. The zero-order valence-corrected chi connectivity index (χ0v) is 14.9. The molecule has 0 N–H and O–H groups in total. The summed E-state index contributed by atoms with van der Waals surface area (Å²) in [6, 6.07) is 0. The Kier molecular flexibility index (Phi) is 5.58. The Morgan fingerprint density at radius 2 is 1.27 bits per heavy atom. The van der Waals surface area contributed by atoms with E-state index >= 15 is 0 Å². The largest absolute Gasteiger partial charge is 0.462 e. The van der Waals surface area contributed by atoms with Gasteiger partial charge in [-0.3, -0.25) is 0 Å². The molecule has 0 aliphatic heterocycles. The van der Waals surface area contributed by atoms with Crippen molar-refractivity contribution in [2.45, 2.75) is 40.5 Å². The zero-order valence-electron chi connectivity index (χ0n) is 13.3. The van der Waals surface area contributed by atoms with Crippen LogP contribution in [-0.4, -0.2) is 25.2 Å². The van der Waals surface area contributed by atoms with E-state index in [1.54, 1.807) is 0 Å². The van der Waals surface area contributed by atoms with Crippen LogP contribution in [0.15, 0.2) is 0 Å². The fourth-order valence-electron chi connectivity index (χ4n) is 2.19. The molecule has 0 aromatic carbocycles. The molecule has 0 fully saturated rings. The third-order valence-corrected chi connectivity index (χ3v) is 5.90. The van der Waals surface area contributed by atoms with Crippen LogP contribution < -0.4 is 0 Å². The van der Waals surface area contributed by atoms with E-state index in [2.05, 4.69) is 0 Å². The molecule has 0 amide bonds. The number of carbonyl (C=O) groups is 2. The standard InChI is InChI=1S/C16H20O4S2/c1-5-7-19-14(17)12-9(3)11-10(4)13(22-16(11)21-12)15(18)20-8-6-2/h5-8H2,1-4H3. The average Bonchev–Trinajstić information content (AvgIpc) is 3.00. The summed E-state index contributed by atoms with van der Waals surface area (Å²) >= 11 is 2.79. The van der Waals surface area contributed by atoms with Crippen LogP contribution in [0.4, 0.5) is 0 Å². The highest BCUT2D eigenvalue weighted by molar-refractivity contribution is 7.40. The lowest BCUT2D eigenvalue weighted by Crippen LogP contribution is -2.06. The van der Waals surface area contributed by atoms with Gasteiger partial charge in [-0.15, -0.1) is 22.7 Å². The Balaban J connectivity index is 2.34. The topological polar surface area (TPSA) is 52.6 Å². The van der Waals surface area contributed by atoms with E-state index in [4.69, 9.17) is 9.47 Å². The molecule has 0 spiro atoms. The fraction of sp³-hybridized carbons (Fsp3) is 0.500. The number of hydrogen-bond donors (Lipinski definition) is 0. The average molecular weight is 340 g/mol. The first-order valence-corrected chi connectivity index (χ1v) is 9.01. The van der Waals surface area contributed by atoms with Crippen LogP contribution in [0.2, 0.25) is 0 Å². The van der Waals surface area contributed by atoms with Gasteiger partial charge in [0.05, 0.1) is 17.2 Å². The summed E-state index contributed by atoms with van der Waals surface area (Å²) < 4.78 is 11.4. The number of aryl methyl sites for hydroxylation is 2. The molecule has 0 bridgehead atoms. The first-order chi connectivity index (χ1) is 10.5. The Labute approximate surface area is 138 Å². The summed E-state index contributed by atoms with van der Waals surface area (Å²) in [5.74, 6) is -0.551. The molecule has 0 atom stereocenters. The number of hydrogen-bond acceptors (Lipinski definition) is 6. The molecule has 22 heavy (non-hydrogen) atoms. The van der Waals surface area contributed by atoms with Gasteiger partial charge in [0.25, 0.3) is 0 Å². The number of thiophene rings is 2. The first kappa shape index (κ1) is 17.0. The molecule has 0 radical (unpaired) electrons. The van der Waals surface area contributed by atoms with Gasteiger partial charge in [-0.25, -0.2) is 9.59 Å². The quantitative estimate of drug-likeness (QED) is 0.714. The van der Waals surface area contributed by atoms with Crippen LogP contribution in [0.3, 0.4) is 0 Å². The predicted octanol–water partition coefficient (Wildman–Crippen LogP) is 4.71. The van der Waals surface area contributed by atoms with E-state index in [0.717, 1.165) is 33.4 Å². The molecule has 2 heterocycles. The molecule has 120 valence electrons. The van der Waals surface area contributed by atoms with E-state index in [1.807, 2.05) is 27.7 Å². The SMILES string of the molecule is CCCOC(=O)c1sc2sc(C(=O)OCCC)c(C)c2c1C. The van der Waals surface area contributed by atoms with Gasteiger partial charge in [-0.1, -0.05) is 13.8 Å². The molecule has 0 aliphatic carbocycles. The molecule has 0 saturated carbocycles. The number of esters is 2. The van der Waals surface area contributed by atoms with Crippen LogP contribution in [0, 0.1) is 13.8 Å². The molecule has 2 aromatic heterocycles. The van der Waals surface area contributed by atoms with E-state index in [0.29, 0.717) is 23.0 Å². The lowest BCUT2D eigenvalue weighted by Gasteiger charge is -2.03. The van der Waals surface area contributed by atoms with Gasteiger partial charge in [0.15, 0.2) is 0 Å². The normalized spacial score (nSPS) is 10.9. The van der Waals surface area contributed by atoms with Gasteiger partial charge in [-0.2, -0.15) is 0 Å². The molecule has 0 saturated heterocycles. The lowest BCUT2D eigenvalue weighted by molar-refractivity contribution is 0.0501. The highest BCUT2D eigenvalue weighted by atomic mass is 32.2. The van der Waals surface area contributed by atoms with Gasteiger partial charge in [0, 0.05) is 5.39 Å². The molecule has 6 heteroatoms. The van der Waals surface area contributed by atoms with Gasteiger partial charge in [0.1, 0.15) is 9.75 Å². The van der Waals surface area contributed by atoms with Crippen molar-refractivity contribution in [3.05, 3.63) is 20.9 Å². The Hall–Kier alpha value is -1.40. The number of ether oxygens (including phenoxy) is 2. The maximum atomic E-state index is 12.1. The summed E-state index contributed by atoms with van der Waals surface area (Å²) in [6.07, 6.45) is 1.61. The summed E-state index contributed by atoms with van der Waals surface area (Å²) in [5, 5.41) is 0.988. The summed E-state index contributed by atoms with van der Waals surface area (Å²) in [6.45, 7) is 8.59. The molecule has 0 unspecified atom stereocenters. The highest BCUT2D eigenvalue weighted by Gasteiger charge is 2.24. The smallest absolute Gasteiger partial charge is 0.348 e. The Morgan fingerprint density at radius 1 is 0.864 bits per heavy atom. The maximum Gasteiger partial charge on any atom is 0.348 e. The molecule has 4 nitrogen and oxygen atoms in total. The van der Waals surface area contributed by atoms with Gasteiger partial charge in [0.2, 0.25) is 0 Å². The van der Waals surface area contributed by atoms with Gasteiger partial charge >= 0.3 is 11.9 Å². The minimum atomic E-state index is -0.276. The van der Waals surface area contributed by atoms with E-state index in [9.17, 15) is 9.59 Å². The lowest BCUT2D eigenvalue weighted by atomic mass is 10.1. The van der Waals surface area contributed by atoms with Crippen molar-refractivity contribution in [3.63, 3.8) is 0 Å². The van der Waals surface area contributed by atoms with Crippen molar-refractivity contribution in [1.82, 2.24) is 0 Å². The van der Waals surface area contributed by atoms with Crippen LogP contribution in [0.25, 0.3) is 9.40 Å². The van der Waals surface area contributed by atoms with Crippen molar-refractivity contribution in [2.24, 2.45) is 0 Å². The Bertz CT molecular complexity index is 641. The fourth-order valence-corrected chi connectivity index (χ4v) is 4.83. The predicted molar refractivity (Wildman–Crippen MR) is 90.3 cm³/mol. The number of rotatable bonds is 6. The summed E-state index contributed by atoms with van der Waals surface area (Å²) in [4.78, 5) is 25.4. The van der Waals surface area contributed by atoms with Crippen LogP contribution in [0.5, 0.6) is 0 Å². The molecule has 0 aliphatic rings. The molecular weight excluding hydrogens is 320 g/mol. The van der Waals surface area contributed by atoms with Crippen molar-refractivity contribution in [3.8, 4) is 0 Å². The first-order valence-electron chi connectivity index (χ1n) is 7.37. The summed E-state index contributed by atoms with van der Waals surface area (Å²) in [7, 11) is 0. The van der Waals surface area contributed by atoms with Crippen LogP contribution >= 0.6 is 22.7 Å². The zero-order chi connectivity index (χ0) is 16.3. The second-order valence-electron chi connectivity index (χ2n) is 5.05. The van der Waals surface area contributed by atoms with Gasteiger partial charge < -0.3 is 9.47 Å². The van der Waals surface area contributed by atoms with E-state index in [-0.39, 0.29) is 11.9 Å². The highest BCUT2D eigenvalue weighted by Crippen LogP contribution is 2.41. The van der Waals surface area contributed by atoms with Crippen molar-refractivity contribution >= 4 is 44.0 Å². The van der Waals surface area contributed by atoms with Crippen LogP contribution in [0.1, 0.15) is 57.2 Å². The second kappa shape index (κ2) is 7.24. The molecule has 2 rings (SSSR count). The summed E-state index contributed by atoms with van der Waals surface area (Å²) in [5.41, 5.74) is 1.79. The minimum Gasteiger partial charge on any atom is -0.462 e. The Morgan fingerprint density at radius 3 is 1.59 bits per heavy atom. The molecular formula is C16H20O4S2. The van der Waals surface area contributed by atoms with Gasteiger partial charge in [-0.05, 0) is 37.8 Å². The van der Waals surface area contributed by atoms with E-state index in [1.165, 1.54) is 22.7 Å². The van der Waals surface area contributed by atoms with Crippen molar-refractivity contribution in [1.29, 1.82) is 0 Å². The number of carbonyl (C=O) groups excluding carboxylic acids is 2.